The normalized spacial score (nSPS) is 12.3. The minimum Gasteiger partial charge on any atom is -0.471 e. The summed E-state index contributed by atoms with van der Waals surface area (Å²) in [5.74, 6) is -0.0142. The molecule has 5 nitrogen and oxygen atoms in total. The number of nitrogens with two attached hydrogens (primary N) is 1. The lowest BCUT2D eigenvalue weighted by atomic mass is 10.2. The largest absolute Gasteiger partial charge is 0.471 e. The molecule has 1 rings (SSSR count). The second-order valence-electron chi connectivity index (χ2n) is 3.89. The Morgan fingerprint density at radius 1 is 1.25 bits per heavy atom. The van der Waals surface area contributed by atoms with Crippen LogP contribution in [0.15, 0.2) is 6.33 Å². The zero-order valence-electron chi connectivity index (χ0n) is 10.5. The summed E-state index contributed by atoms with van der Waals surface area (Å²) in [4.78, 5) is 7.29. The van der Waals surface area contributed by atoms with Crippen LogP contribution in [-0.4, -0.2) is 28.7 Å². The molecule has 114 valence electrons. The van der Waals surface area contributed by atoms with Crippen LogP contribution >= 0.6 is 0 Å². The van der Waals surface area contributed by atoms with E-state index in [4.69, 9.17) is 5.84 Å². The summed E-state index contributed by atoms with van der Waals surface area (Å²) in [7, 11) is 0. The van der Waals surface area contributed by atoms with Crippen LogP contribution in [0.2, 0.25) is 0 Å². The van der Waals surface area contributed by atoms with Crippen LogP contribution in [0.25, 0.3) is 0 Å². The molecule has 1 heterocycles. The fourth-order valence-corrected chi connectivity index (χ4v) is 1.36. The lowest BCUT2D eigenvalue weighted by molar-refractivity contribution is -0.290. The Morgan fingerprint density at radius 2 is 1.90 bits per heavy atom. The van der Waals surface area contributed by atoms with Crippen LogP contribution < -0.4 is 16.0 Å². The van der Waals surface area contributed by atoms with E-state index < -0.39 is 18.7 Å². The molecule has 0 fully saturated rings. The summed E-state index contributed by atoms with van der Waals surface area (Å²) in [6.45, 7) is -0.0738. The van der Waals surface area contributed by atoms with Gasteiger partial charge >= 0.3 is 12.1 Å². The first-order valence-corrected chi connectivity index (χ1v) is 5.60. The van der Waals surface area contributed by atoms with E-state index in [0.29, 0.717) is 12.8 Å². The van der Waals surface area contributed by atoms with Crippen molar-refractivity contribution in [3.63, 3.8) is 0 Å². The van der Waals surface area contributed by atoms with Crippen LogP contribution in [0.3, 0.4) is 0 Å². The van der Waals surface area contributed by atoms with Gasteiger partial charge in [0, 0.05) is 0 Å². The molecule has 1 aromatic rings. The Kier molecular flexibility index (Phi) is 5.03. The van der Waals surface area contributed by atoms with Gasteiger partial charge in [0.2, 0.25) is 5.88 Å². The van der Waals surface area contributed by atoms with Gasteiger partial charge in [0.15, 0.2) is 6.61 Å². The molecule has 0 aromatic carbocycles. The second-order valence-corrected chi connectivity index (χ2v) is 3.89. The highest BCUT2D eigenvalue weighted by atomic mass is 19.4. The van der Waals surface area contributed by atoms with Gasteiger partial charge in [0.1, 0.15) is 12.1 Å². The molecule has 0 aliphatic carbocycles. The molecule has 1 aromatic heterocycles. The smallest absolute Gasteiger partial charge is 0.456 e. The summed E-state index contributed by atoms with van der Waals surface area (Å²) in [6.07, 6.45) is -3.84. The van der Waals surface area contributed by atoms with E-state index in [1.807, 2.05) is 0 Å². The lowest BCUT2D eigenvalue weighted by Gasteiger charge is -2.20. The van der Waals surface area contributed by atoms with Crippen molar-refractivity contribution >= 4 is 5.82 Å². The number of nitrogens with one attached hydrogen (secondary N) is 1. The number of ether oxygens (including phenoxy) is 1. The monoisotopic (exact) mass is 300 g/mol. The van der Waals surface area contributed by atoms with Gasteiger partial charge in [0.25, 0.3) is 0 Å². The Bertz CT molecular complexity index is 452. The maximum Gasteiger partial charge on any atom is 0.456 e. The van der Waals surface area contributed by atoms with E-state index in [2.05, 4.69) is 20.1 Å². The average molecular weight is 300 g/mol. The van der Waals surface area contributed by atoms with Crippen molar-refractivity contribution in [3.05, 3.63) is 11.9 Å². The number of nitrogen functional groups attached to an aromatic ring is 1. The zero-order chi connectivity index (χ0) is 15.4. The van der Waals surface area contributed by atoms with E-state index in [9.17, 15) is 22.0 Å². The molecule has 0 atom stereocenters. The molecule has 0 spiro atoms. The van der Waals surface area contributed by atoms with Crippen LogP contribution in [-0.2, 0) is 6.42 Å². The van der Waals surface area contributed by atoms with Crippen LogP contribution in [0.1, 0.15) is 18.9 Å². The van der Waals surface area contributed by atoms with E-state index >= 15 is 0 Å². The Balaban J connectivity index is 2.93. The van der Waals surface area contributed by atoms with Crippen LogP contribution in [0.4, 0.5) is 27.8 Å². The van der Waals surface area contributed by atoms with Gasteiger partial charge in [-0.3, -0.25) is 0 Å². The van der Waals surface area contributed by atoms with Crippen molar-refractivity contribution in [1.82, 2.24) is 9.97 Å². The van der Waals surface area contributed by atoms with Gasteiger partial charge in [-0.15, -0.1) is 0 Å². The van der Waals surface area contributed by atoms with Crippen molar-refractivity contribution in [3.8, 4) is 5.88 Å². The zero-order valence-corrected chi connectivity index (χ0v) is 10.5. The third-order valence-corrected chi connectivity index (χ3v) is 2.35. The van der Waals surface area contributed by atoms with Gasteiger partial charge in [-0.1, -0.05) is 13.3 Å². The fourth-order valence-electron chi connectivity index (χ4n) is 1.36. The number of rotatable bonds is 6. The number of alkyl halides is 5. The second kappa shape index (κ2) is 6.16. The number of halogens is 5. The number of nitrogens with zero attached hydrogens (tertiary/aromatic N) is 2. The SMILES string of the molecule is CCCc1c(NN)ncnc1OCC(F)(F)C(F)(F)F. The maximum absolute atomic E-state index is 12.8. The van der Waals surface area contributed by atoms with E-state index in [1.54, 1.807) is 6.92 Å². The highest BCUT2D eigenvalue weighted by Gasteiger charge is 2.58. The molecule has 3 N–H and O–H groups in total. The first-order chi connectivity index (χ1) is 9.23. The predicted octanol–water partition coefficient (Wildman–Crippen LogP) is 2.29. The van der Waals surface area contributed by atoms with Gasteiger partial charge in [-0.25, -0.2) is 15.8 Å². The Labute approximate surface area is 111 Å². The number of aromatic nitrogens is 2. The van der Waals surface area contributed by atoms with Crippen LogP contribution in [0, 0.1) is 0 Å². The summed E-state index contributed by atoms with van der Waals surface area (Å²) < 4.78 is 66.2. The van der Waals surface area contributed by atoms with Gasteiger partial charge in [-0.2, -0.15) is 22.0 Å². The standard InChI is InChI=1S/C10H13F5N4O/c1-2-3-6-7(19-16)17-5-18-8(6)20-4-9(11,12)10(13,14)15/h5H,2-4,16H2,1H3,(H,17,18,19). The minimum absolute atomic E-state index is 0.118. The third-order valence-electron chi connectivity index (χ3n) is 2.35. The van der Waals surface area contributed by atoms with Crippen molar-refractivity contribution in [2.75, 3.05) is 12.0 Å². The first kappa shape index (κ1) is 16.3. The highest BCUT2D eigenvalue weighted by molar-refractivity contribution is 5.47. The molecular formula is C10H13F5N4O. The third kappa shape index (κ3) is 3.65. The Morgan fingerprint density at radius 3 is 2.40 bits per heavy atom. The number of hydrogen-bond acceptors (Lipinski definition) is 5. The number of anilines is 1. The van der Waals surface area contributed by atoms with Crippen molar-refractivity contribution < 1.29 is 26.7 Å². The molecule has 0 radical (unpaired) electrons. The molecular weight excluding hydrogens is 287 g/mol. The fraction of sp³-hybridized carbons (Fsp3) is 0.600. The topological polar surface area (TPSA) is 73.1 Å². The minimum atomic E-state index is -5.68. The molecule has 0 aliphatic heterocycles. The molecule has 0 saturated heterocycles. The van der Waals surface area contributed by atoms with Gasteiger partial charge in [0.05, 0.1) is 5.56 Å². The molecule has 0 bridgehead atoms. The Hall–Kier alpha value is -1.71. The molecule has 10 heteroatoms. The van der Waals surface area contributed by atoms with Gasteiger partial charge < -0.3 is 10.2 Å². The highest BCUT2D eigenvalue weighted by Crippen LogP contribution is 2.36. The summed E-state index contributed by atoms with van der Waals surface area (Å²) in [6, 6.07) is 0. The molecule has 0 unspecified atom stereocenters. The van der Waals surface area contributed by atoms with E-state index in [0.717, 1.165) is 6.33 Å². The van der Waals surface area contributed by atoms with Crippen molar-refractivity contribution in [2.24, 2.45) is 5.84 Å². The van der Waals surface area contributed by atoms with Gasteiger partial charge in [-0.05, 0) is 6.42 Å². The van der Waals surface area contributed by atoms with Crippen molar-refractivity contribution in [1.29, 1.82) is 0 Å². The predicted molar refractivity (Wildman–Crippen MR) is 60.3 cm³/mol. The van der Waals surface area contributed by atoms with Crippen LogP contribution in [0.5, 0.6) is 5.88 Å². The average Bonchev–Trinajstić information content (AvgIpc) is 2.36. The number of hydrogen-bond donors (Lipinski definition) is 2. The lowest BCUT2D eigenvalue weighted by Crippen LogP contribution is -2.42. The quantitative estimate of drug-likeness (QED) is 0.479. The first-order valence-electron chi connectivity index (χ1n) is 5.60. The molecule has 0 amide bonds. The van der Waals surface area contributed by atoms with E-state index in [1.165, 1.54) is 0 Å². The number of hydrazine groups is 1. The molecule has 0 saturated carbocycles. The molecule has 20 heavy (non-hydrogen) atoms. The summed E-state index contributed by atoms with van der Waals surface area (Å²) >= 11 is 0. The summed E-state index contributed by atoms with van der Waals surface area (Å²) in [5.41, 5.74) is 2.45. The molecule has 0 aliphatic rings. The van der Waals surface area contributed by atoms with Crippen molar-refractivity contribution in [2.45, 2.75) is 31.9 Å². The van der Waals surface area contributed by atoms with E-state index in [-0.39, 0.29) is 17.3 Å². The maximum atomic E-state index is 12.8. The summed E-state index contributed by atoms with van der Waals surface area (Å²) in [5, 5.41) is 0.